The molecule has 0 aromatic carbocycles. The Morgan fingerprint density at radius 3 is 3.24 bits per heavy atom. The third kappa shape index (κ3) is 3.56. The lowest BCUT2D eigenvalue weighted by molar-refractivity contribution is -0.117. The fraction of sp³-hybridized carbons (Fsp3) is 0.667. The number of aromatic nitrogens is 2. The summed E-state index contributed by atoms with van der Waals surface area (Å²) >= 11 is 0. The van der Waals surface area contributed by atoms with Gasteiger partial charge in [-0.2, -0.15) is 5.10 Å². The van der Waals surface area contributed by atoms with Crippen LogP contribution in [0.15, 0.2) is 12.4 Å². The second-order valence-electron chi connectivity index (χ2n) is 4.82. The van der Waals surface area contributed by atoms with Crippen molar-refractivity contribution in [1.82, 2.24) is 15.5 Å². The molecule has 1 fully saturated rings. The second-order valence-corrected chi connectivity index (χ2v) is 4.82. The average molecular weight is 236 g/mol. The van der Waals surface area contributed by atoms with Gasteiger partial charge in [-0.05, 0) is 37.8 Å². The molecule has 5 heteroatoms. The molecule has 5 nitrogen and oxygen atoms in total. The molecule has 1 aliphatic rings. The smallest absolute Gasteiger partial charge is 0.224 e. The summed E-state index contributed by atoms with van der Waals surface area (Å²) in [5, 5.41) is 12.7. The van der Waals surface area contributed by atoms with Crippen molar-refractivity contribution in [2.24, 2.45) is 11.8 Å². The van der Waals surface area contributed by atoms with Crippen molar-refractivity contribution in [3.05, 3.63) is 12.4 Å². The van der Waals surface area contributed by atoms with E-state index in [1.807, 2.05) is 0 Å². The molecule has 3 N–H and O–H groups in total. The zero-order chi connectivity index (χ0) is 12.1. The Kier molecular flexibility index (Phi) is 4.14. The van der Waals surface area contributed by atoms with Gasteiger partial charge in [0.15, 0.2) is 0 Å². The van der Waals surface area contributed by atoms with Gasteiger partial charge in [-0.1, -0.05) is 6.92 Å². The van der Waals surface area contributed by atoms with Gasteiger partial charge in [-0.15, -0.1) is 0 Å². The summed E-state index contributed by atoms with van der Waals surface area (Å²) in [6.07, 6.45) is 6.33. The molecule has 1 aromatic rings. The van der Waals surface area contributed by atoms with E-state index in [2.05, 4.69) is 27.8 Å². The third-order valence-electron chi connectivity index (χ3n) is 3.43. The van der Waals surface area contributed by atoms with Crippen molar-refractivity contribution >= 4 is 11.6 Å². The highest BCUT2D eigenvalue weighted by Crippen LogP contribution is 2.22. The molecule has 0 radical (unpaired) electrons. The number of nitrogens with zero attached hydrogens (tertiary/aromatic N) is 1. The van der Waals surface area contributed by atoms with Crippen LogP contribution in [0.1, 0.15) is 26.2 Å². The normalized spacial score (nSPS) is 22.1. The highest BCUT2D eigenvalue weighted by Gasteiger charge is 2.21. The number of aromatic amines is 1. The van der Waals surface area contributed by atoms with Crippen molar-refractivity contribution in [2.45, 2.75) is 26.2 Å². The van der Waals surface area contributed by atoms with E-state index in [1.54, 1.807) is 12.4 Å². The SMILES string of the molecule is CC(CC(=O)Nc1cn[nH]c1)C1CCCNC1. The summed E-state index contributed by atoms with van der Waals surface area (Å²) in [7, 11) is 0. The number of carbonyl (C=O) groups is 1. The number of hydrogen-bond donors (Lipinski definition) is 3. The molecule has 17 heavy (non-hydrogen) atoms. The number of amides is 1. The van der Waals surface area contributed by atoms with Crippen LogP contribution in [0, 0.1) is 11.8 Å². The number of H-pyrrole nitrogens is 1. The van der Waals surface area contributed by atoms with Crippen LogP contribution in [-0.4, -0.2) is 29.2 Å². The van der Waals surface area contributed by atoms with Crippen LogP contribution in [0.2, 0.25) is 0 Å². The van der Waals surface area contributed by atoms with Crippen LogP contribution in [-0.2, 0) is 4.79 Å². The summed E-state index contributed by atoms with van der Waals surface area (Å²) in [5.74, 6) is 1.12. The Balaban J connectivity index is 1.77. The molecular weight excluding hydrogens is 216 g/mol. The molecule has 1 aromatic heterocycles. The second kappa shape index (κ2) is 5.82. The van der Waals surface area contributed by atoms with Crippen molar-refractivity contribution in [3.63, 3.8) is 0 Å². The fourth-order valence-corrected chi connectivity index (χ4v) is 2.35. The largest absolute Gasteiger partial charge is 0.323 e. The zero-order valence-corrected chi connectivity index (χ0v) is 10.2. The van der Waals surface area contributed by atoms with Gasteiger partial charge in [0.25, 0.3) is 0 Å². The molecule has 0 bridgehead atoms. The monoisotopic (exact) mass is 236 g/mol. The van der Waals surface area contributed by atoms with Crippen LogP contribution >= 0.6 is 0 Å². The first-order valence-corrected chi connectivity index (χ1v) is 6.25. The van der Waals surface area contributed by atoms with Gasteiger partial charge in [0, 0.05) is 12.6 Å². The average Bonchev–Trinajstić information content (AvgIpc) is 2.82. The molecule has 1 amide bonds. The Bertz CT molecular complexity index is 343. The summed E-state index contributed by atoms with van der Waals surface area (Å²) in [6, 6.07) is 0. The Hall–Kier alpha value is -1.36. The number of rotatable bonds is 4. The summed E-state index contributed by atoms with van der Waals surface area (Å²) in [6.45, 7) is 4.32. The Morgan fingerprint density at radius 2 is 2.59 bits per heavy atom. The van der Waals surface area contributed by atoms with E-state index in [9.17, 15) is 4.79 Å². The molecule has 0 saturated carbocycles. The van der Waals surface area contributed by atoms with Crippen LogP contribution in [0.5, 0.6) is 0 Å². The van der Waals surface area contributed by atoms with Gasteiger partial charge >= 0.3 is 0 Å². The first kappa shape index (κ1) is 12.1. The molecule has 2 atom stereocenters. The predicted molar refractivity (Wildman–Crippen MR) is 66.6 cm³/mol. The maximum atomic E-state index is 11.8. The molecule has 2 heterocycles. The van der Waals surface area contributed by atoms with E-state index < -0.39 is 0 Å². The third-order valence-corrected chi connectivity index (χ3v) is 3.43. The van der Waals surface area contributed by atoms with Gasteiger partial charge in [0.2, 0.25) is 5.91 Å². The van der Waals surface area contributed by atoms with Crippen LogP contribution < -0.4 is 10.6 Å². The van der Waals surface area contributed by atoms with Gasteiger partial charge in [-0.25, -0.2) is 0 Å². The van der Waals surface area contributed by atoms with E-state index in [4.69, 9.17) is 0 Å². The van der Waals surface area contributed by atoms with Crippen LogP contribution in [0.3, 0.4) is 0 Å². The first-order chi connectivity index (χ1) is 8.25. The summed E-state index contributed by atoms with van der Waals surface area (Å²) < 4.78 is 0. The molecular formula is C12H20N4O. The Labute approximate surface area is 101 Å². The van der Waals surface area contributed by atoms with Gasteiger partial charge in [0.05, 0.1) is 11.9 Å². The van der Waals surface area contributed by atoms with Gasteiger partial charge < -0.3 is 10.6 Å². The molecule has 2 rings (SSSR count). The van der Waals surface area contributed by atoms with E-state index in [1.165, 1.54) is 12.8 Å². The number of piperidine rings is 1. The minimum Gasteiger partial charge on any atom is -0.323 e. The number of hydrogen-bond acceptors (Lipinski definition) is 3. The molecule has 1 aliphatic heterocycles. The standard InChI is InChI=1S/C12H20N4O/c1-9(10-3-2-4-13-6-10)5-12(17)16-11-7-14-15-8-11/h7-10,13H,2-6H2,1H3,(H,14,15)(H,16,17). The Morgan fingerprint density at radius 1 is 1.71 bits per heavy atom. The van der Waals surface area contributed by atoms with Crippen molar-refractivity contribution < 1.29 is 4.79 Å². The minimum atomic E-state index is 0.0736. The number of anilines is 1. The summed E-state index contributed by atoms with van der Waals surface area (Å²) in [5.41, 5.74) is 0.740. The minimum absolute atomic E-state index is 0.0736. The first-order valence-electron chi connectivity index (χ1n) is 6.25. The zero-order valence-electron chi connectivity index (χ0n) is 10.2. The topological polar surface area (TPSA) is 69.8 Å². The van der Waals surface area contributed by atoms with Gasteiger partial charge in [0.1, 0.15) is 0 Å². The molecule has 0 aliphatic carbocycles. The lowest BCUT2D eigenvalue weighted by Crippen LogP contribution is -2.34. The summed E-state index contributed by atoms with van der Waals surface area (Å²) in [4.78, 5) is 11.8. The van der Waals surface area contributed by atoms with Crippen LogP contribution in [0.25, 0.3) is 0 Å². The fourth-order valence-electron chi connectivity index (χ4n) is 2.35. The maximum absolute atomic E-state index is 11.8. The maximum Gasteiger partial charge on any atom is 0.224 e. The van der Waals surface area contributed by atoms with Crippen LogP contribution in [0.4, 0.5) is 5.69 Å². The van der Waals surface area contributed by atoms with Gasteiger partial charge in [-0.3, -0.25) is 9.89 Å². The van der Waals surface area contributed by atoms with E-state index in [-0.39, 0.29) is 5.91 Å². The predicted octanol–water partition coefficient (Wildman–Crippen LogP) is 1.37. The highest BCUT2D eigenvalue weighted by molar-refractivity contribution is 5.90. The molecule has 94 valence electrons. The van der Waals surface area contributed by atoms with Crippen molar-refractivity contribution in [3.8, 4) is 0 Å². The lowest BCUT2D eigenvalue weighted by Gasteiger charge is -2.27. The number of carbonyl (C=O) groups excluding carboxylic acids is 1. The lowest BCUT2D eigenvalue weighted by atomic mass is 9.85. The molecule has 0 spiro atoms. The molecule has 1 saturated heterocycles. The van der Waals surface area contributed by atoms with E-state index in [0.29, 0.717) is 18.3 Å². The quantitative estimate of drug-likeness (QED) is 0.739. The molecule has 2 unspecified atom stereocenters. The van der Waals surface area contributed by atoms with Crippen molar-refractivity contribution in [2.75, 3.05) is 18.4 Å². The number of nitrogens with one attached hydrogen (secondary N) is 3. The van der Waals surface area contributed by atoms with E-state index >= 15 is 0 Å². The van der Waals surface area contributed by atoms with Crippen molar-refractivity contribution in [1.29, 1.82) is 0 Å². The highest BCUT2D eigenvalue weighted by atomic mass is 16.1. The van der Waals surface area contributed by atoms with E-state index in [0.717, 1.165) is 18.8 Å².